The third-order valence-corrected chi connectivity index (χ3v) is 3.64. The van der Waals surface area contributed by atoms with E-state index in [1.807, 2.05) is 0 Å². The van der Waals surface area contributed by atoms with Gasteiger partial charge in [-0.05, 0) is 38.6 Å². The average molecular weight is 249 g/mol. The lowest BCUT2D eigenvalue weighted by Gasteiger charge is -2.22. The summed E-state index contributed by atoms with van der Waals surface area (Å²) < 4.78 is 5.10. The number of likely N-dealkylation sites (tertiary alicyclic amines) is 1. The van der Waals surface area contributed by atoms with Gasteiger partial charge in [-0.3, -0.25) is 4.90 Å². The monoisotopic (exact) mass is 249 g/mol. The molecule has 0 spiro atoms. The maximum Gasteiger partial charge on any atom is 0.128 e. The molecule has 1 aromatic rings. The Morgan fingerprint density at radius 2 is 2.33 bits per heavy atom. The molecule has 100 valence electrons. The fourth-order valence-electron chi connectivity index (χ4n) is 2.46. The fourth-order valence-corrected chi connectivity index (χ4v) is 2.46. The molecule has 0 aliphatic carbocycles. The number of rotatable bonds is 5. The van der Waals surface area contributed by atoms with Gasteiger partial charge in [-0.2, -0.15) is 0 Å². The molecule has 18 heavy (non-hydrogen) atoms. The van der Waals surface area contributed by atoms with Crippen LogP contribution in [0.2, 0.25) is 0 Å². The molecule has 0 N–H and O–H groups in total. The van der Waals surface area contributed by atoms with Crippen LogP contribution in [0.1, 0.15) is 24.6 Å². The van der Waals surface area contributed by atoms with Crippen molar-refractivity contribution in [2.24, 2.45) is 0 Å². The number of nitrogens with zero attached hydrogens (tertiary/aromatic N) is 3. The lowest BCUT2D eigenvalue weighted by atomic mass is 10.1. The minimum Gasteiger partial charge on any atom is -0.383 e. The summed E-state index contributed by atoms with van der Waals surface area (Å²) in [7, 11) is 5.97. The zero-order valence-electron chi connectivity index (χ0n) is 11.6. The van der Waals surface area contributed by atoms with Gasteiger partial charge < -0.3 is 9.64 Å². The Morgan fingerprint density at radius 3 is 3.00 bits per heavy atom. The van der Waals surface area contributed by atoms with E-state index in [2.05, 4.69) is 42.1 Å². The maximum atomic E-state index is 5.10. The minimum absolute atomic E-state index is 0.487. The molecule has 1 aromatic heterocycles. The number of pyridine rings is 1. The largest absolute Gasteiger partial charge is 0.383 e. The average Bonchev–Trinajstić information content (AvgIpc) is 2.82. The van der Waals surface area contributed by atoms with Crippen LogP contribution >= 0.6 is 0 Å². The molecule has 0 bridgehead atoms. The van der Waals surface area contributed by atoms with E-state index >= 15 is 0 Å². The van der Waals surface area contributed by atoms with Gasteiger partial charge in [-0.15, -0.1) is 0 Å². The van der Waals surface area contributed by atoms with E-state index in [0.717, 1.165) is 19.0 Å². The lowest BCUT2D eigenvalue weighted by Crippen LogP contribution is -2.24. The summed E-state index contributed by atoms with van der Waals surface area (Å²) in [4.78, 5) is 9.32. The second kappa shape index (κ2) is 6.16. The van der Waals surface area contributed by atoms with Crippen molar-refractivity contribution in [1.82, 2.24) is 9.88 Å². The highest BCUT2D eigenvalue weighted by molar-refractivity contribution is 5.38. The van der Waals surface area contributed by atoms with Gasteiger partial charge in [0.2, 0.25) is 0 Å². The van der Waals surface area contributed by atoms with Gasteiger partial charge in [-0.1, -0.05) is 6.07 Å². The van der Waals surface area contributed by atoms with Crippen molar-refractivity contribution in [2.75, 3.05) is 45.8 Å². The van der Waals surface area contributed by atoms with Crippen LogP contribution in [0.5, 0.6) is 0 Å². The number of hydrogen-bond donors (Lipinski definition) is 0. The van der Waals surface area contributed by atoms with Crippen LogP contribution in [0, 0.1) is 0 Å². The SMILES string of the molecule is COCCN(C)c1cccc(C2CCCN2C)n1. The van der Waals surface area contributed by atoms with Crippen LogP contribution in [0.4, 0.5) is 5.82 Å². The van der Waals surface area contributed by atoms with Crippen molar-refractivity contribution in [1.29, 1.82) is 0 Å². The van der Waals surface area contributed by atoms with Gasteiger partial charge in [0.1, 0.15) is 5.82 Å². The van der Waals surface area contributed by atoms with Gasteiger partial charge in [0.15, 0.2) is 0 Å². The van der Waals surface area contributed by atoms with Crippen LogP contribution < -0.4 is 4.90 Å². The Morgan fingerprint density at radius 1 is 1.50 bits per heavy atom. The Hall–Kier alpha value is -1.13. The zero-order valence-corrected chi connectivity index (χ0v) is 11.6. The molecule has 4 heteroatoms. The van der Waals surface area contributed by atoms with Crippen molar-refractivity contribution >= 4 is 5.82 Å². The molecule has 0 amide bonds. The van der Waals surface area contributed by atoms with Crippen LogP contribution in [-0.2, 0) is 4.74 Å². The van der Waals surface area contributed by atoms with Crippen LogP contribution in [0.3, 0.4) is 0 Å². The Labute approximate surface area is 110 Å². The molecule has 1 aliphatic heterocycles. The standard InChI is InChI=1S/C14H23N3O/c1-16-9-5-7-13(16)12-6-4-8-14(15-12)17(2)10-11-18-3/h4,6,8,13H,5,7,9-11H2,1-3H3. The molecule has 1 fully saturated rings. The maximum absolute atomic E-state index is 5.10. The first kappa shape index (κ1) is 13.3. The fraction of sp³-hybridized carbons (Fsp3) is 0.643. The third kappa shape index (κ3) is 3.00. The van der Waals surface area contributed by atoms with Crippen LogP contribution in [0.25, 0.3) is 0 Å². The number of hydrogen-bond acceptors (Lipinski definition) is 4. The number of anilines is 1. The lowest BCUT2D eigenvalue weighted by molar-refractivity contribution is 0.206. The van der Waals surface area contributed by atoms with Crippen molar-refractivity contribution in [3.05, 3.63) is 23.9 Å². The van der Waals surface area contributed by atoms with Gasteiger partial charge >= 0.3 is 0 Å². The first-order chi connectivity index (χ1) is 8.72. The van der Waals surface area contributed by atoms with Crippen molar-refractivity contribution in [3.63, 3.8) is 0 Å². The highest BCUT2D eigenvalue weighted by atomic mass is 16.5. The molecule has 4 nitrogen and oxygen atoms in total. The summed E-state index contributed by atoms with van der Waals surface area (Å²) in [6.45, 7) is 2.77. The second-order valence-electron chi connectivity index (χ2n) is 4.97. The second-order valence-corrected chi connectivity index (χ2v) is 4.97. The highest BCUT2D eigenvalue weighted by Gasteiger charge is 2.23. The summed E-state index contributed by atoms with van der Waals surface area (Å²) in [5.74, 6) is 1.03. The van der Waals surface area contributed by atoms with Gasteiger partial charge in [0.25, 0.3) is 0 Å². The first-order valence-electron chi connectivity index (χ1n) is 6.59. The van der Waals surface area contributed by atoms with Gasteiger partial charge in [-0.25, -0.2) is 4.98 Å². The van der Waals surface area contributed by atoms with E-state index in [1.165, 1.54) is 25.1 Å². The number of aromatic nitrogens is 1. The van der Waals surface area contributed by atoms with E-state index in [4.69, 9.17) is 9.72 Å². The Bertz CT molecular complexity index is 383. The summed E-state index contributed by atoms with van der Waals surface area (Å²) in [6.07, 6.45) is 2.49. The molecule has 1 unspecified atom stereocenters. The smallest absolute Gasteiger partial charge is 0.128 e. The molecular weight excluding hydrogens is 226 g/mol. The van der Waals surface area contributed by atoms with Gasteiger partial charge in [0, 0.05) is 20.7 Å². The van der Waals surface area contributed by atoms with Crippen molar-refractivity contribution in [2.45, 2.75) is 18.9 Å². The summed E-state index contributed by atoms with van der Waals surface area (Å²) in [6, 6.07) is 6.79. The zero-order chi connectivity index (χ0) is 13.0. The first-order valence-corrected chi connectivity index (χ1v) is 6.59. The molecule has 1 aliphatic rings. The van der Waals surface area contributed by atoms with E-state index in [9.17, 15) is 0 Å². The summed E-state index contributed by atoms with van der Waals surface area (Å²) >= 11 is 0. The topological polar surface area (TPSA) is 28.6 Å². The molecule has 2 heterocycles. The minimum atomic E-state index is 0.487. The van der Waals surface area contributed by atoms with Gasteiger partial charge in [0.05, 0.1) is 18.3 Å². The number of methoxy groups -OCH3 is 1. The quantitative estimate of drug-likeness (QED) is 0.797. The molecular formula is C14H23N3O. The van der Waals surface area contributed by atoms with E-state index in [0.29, 0.717) is 6.04 Å². The van der Waals surface area contributed by atoms with E-state index < -0.39 is 0 Å². The van der Waals surface area contributed by atoms with Crippen LogP contribution in [0.15, 0.2) is 18.2 Å². The predicted octanol–water partition coefficient (Wildman–Crippen LogP) is 1.93. The molecule has 2 rings (SSSR count). The normalized spacial score (nSPS) is 20.3. The molecule has 0 radical (unpaired) electrons. The Kier molecular flexibility index (Phi) is 4.55. The van der Waals surface area contributed by atoms with Crippen molar-refractivity contribution < 1.29 is 4.74 Å². The summed E-state index contributed by atoms with van der Waals surface area (Å²) in [5.41, 5.74) is 1.19. The Balaban J connectivity index is 2.09. The predicted molar refractivity (Wildman–Crippen MR) is 74.0 cm³/mol. The summed E-state index contributed by atoms with van der Waals surface area (Å²) in [5, 5.41) is 0. The molecule has 1 saturated heterocycles. The van der Waals surface area contributed by atoms with Crippen molar-refractivity contribution in [3.8, 4) is 0 Å². The number of likely N-dealkylation sites (N-methyl/N-ethyl adjacent to an activating group) is 1. The molecule has 0 saturated carbocycles. The molecule has 0 aromatic carbocycles. The number of ether oxygens (including phenoxy) is 1. The molecule has 1 atom stereocenters. The van der Waals surface area contributed by atoms with E-state index in [-0.39, 0.29) is 0 Å². The van der Waals surface area contributed by atoms with Crippen LogP contribution in [-0.4, -0.2) is 50.8 Å². The highest BCUT2D eigenvalue weighted by Crippen LogP contribution is 2.29. The van der Waals surface area contributed by atoms with E-state index in [1.54, 1.807) is 7.11 Å². The third-order valence-electron chi connectivity index (χ3n) is 3.64.